The SMILES string of the molecule is COc1ccc(C(C)(O)c2ccncc2)cc1. The van der Waals surface area contributed by atoms with Crippen molar-refractivity contribution in [1.82, 2.24) is 4.98 Å². The summed E-state index contributed by atoms with van der Waals surface area (Å²) in [5.41, 5.74) is 0.622. The van der Waals surface area contributed by atoms with Crippen LogP contribution in [0, 0.1) is 0 Å². The maximum Gasteiger partial charge on any atom is 0.118 e. The lowest BCUT2D eigenvalue weighted by Gasteiger charge is -2.24. The number of benzene rings is 1. The van der Waals surface area contributed by atoms with Gasteiger partial charge in [-0.15, -0.1) is 0 Å². The van der Waals surface area contributed by atoms with Gasteiger partial charge in [0.1, 0.15) is 11.4 Å². The van der Waals surface area contributed by atoms with Gasteiger partial charge in [-0.05, 0) is 42.3 Å². The van der Waals surface area contributed by atoms with Crippen molar-refractivity contribution in [1.29, 1.82) is 0 Å². The lowest BCUT2D eigenvalue weighted by Crippen LogP contribution is -2.22. The first-order chi connectivity index (χ1) is 8.14. The number of methoxy groups -OCH3 is 1. The summed E-state index contributed by atoms with van der Waals surface area (Å²) < 4.78 is 5.10. The third-order valence-electron chi connectivity index (χ3n) is 2.89. The number of hydrogen-bond donors (Lipinski definition) is 1. The van der Waals surface area contributed by atoms with Gasteiger partial charge in [-0.2, -0.15) is 0 Å². The molecule has 0 amide bonds. The van der Waals surface area contributed by atoms with Crippen LogP contribution in [0.15, 0.2) is 48.8 Å². The Hall–Kier alpha value is -1.87. The lowest BCUT2D eigenvalue weighted by atomic mass is 9.89. The van der Waals surface area contributed by atoms with E-state index in [1.54, 1.807) is 26.4 Å². The standard InChI is InChI=1S/C14H15NO2/c1-14(16,12-7-9-15-10-8-12)11-3-5-13(17-2)6-4-11/h3-10,16H,1-2H3. The van der Waals surface area contributed by atoms with Crippen molar-refractivity contribution in [2.45, 2.75) is 12.5 Å². The summed E-state index contributed by atoms with van der Waals surface area (Å²) >= 11 is 0. The molecule has 1 N–H and O–H groups in total. The molecule has 0 saturated heterocycles. The summed E-state index contributed by atoms with van der Waals surface area (Å²) in [4.78, 5) is 3.95. The van der Waals surface area contributed by atoms with E-state index in [0.717, 1.165) is 16.9 Å². The first kappa shape index (κ1) is 11.6. The molecule has 1 unspecified atom stereocenters. The van der Waals surface area contributed by atoms with Crippen molar-refractivity contribution in [2.75, 3.05) is 7.11 Å². The Balaban J connectivity index is 2.37. The Morgan fingerprint density at radius 1 is 1.00 bits per heavy atom. The van der Waals surface area contributed by atoms with E-state index < -0.39 is 5.60 Å². The highest BCUT2D eigenvalue weighted by Crippen LogP contribution is 2.29. The first-order valence-electron chi connectivity index (χ1n) is 5.42. The van der Waals surface area contributed by atoms with E-state index in [1.165, 1.54) is 0 Å². The normalized spacial score (nSPS) is 14.1. The summed E-state index contributed by atoms with van der Waals surface area (Å²) in [6.07, 6.45) is 3.35. The van der Waals surface area contributed by atoms with Gasteiger partial charge in [0.05, 0.1) is 7.11 Å². The summed E-state index contributed by atoms with van der Waals surface area (Å²) in [7, 11) is 1.62. The highest BCUT2D eigenvalue weighted by molar-refractivity contribution is 5.37. The van der Waals surface area contributed by atoms with Gasteiger partial charge in [0, 0.05) is 12.4 Å². The zero-order valence-corrected chi connectivity index (χ0v) is 9.92. The number of rotatable bonds is 3. The fraction of sp³-hybridized carbons (Fsp3) is 0.214. The number of pyridine rings is 1. The van der Waals surface area contributed by atoms with Crippen LogP contribution in [0.5, 0.6) is 5.75 Å². The highest BCUT2D eigenvalue weighted by atomic mass is 16.5. The molecule has 1 aromatic carbocycles. The van der Waals surface area contributed by atoms with Crippen LogP contribution >= 0.6 is 0 Å². The maximum absolute atomic E-state index is 10.6. The van der Waals surface area contributed by atoms with Gasteiger partial charge in [-0.25, -0.2) is 0 Å². The van der Waals surface area contributed by atoms with E-state index in [0.29, 0.717) is 0 Å². The minimum absolute atomic E-state index is 0.777. The van der Waals surface area contributed by atoms with Crippen molar-refractivity contribution < 1.29 is 9.84 Å². The van der Waals surface area contributed by atoms with Crippen molar-refractivity contribution in [2.24, 2.45) is 0 Å². The molecule has 3 heteroatoms. The van der Waals surface area contributed by atoms with Gasteiger partial charge in [0.25, 0.3) is 0 Å². The molecule has 0 spiro atoms. The Morgan fingerprint density at radius 2 is 1.53 bits per heavy atom. The minimum Gasteiger partial charge on any atom is -0.497 e. The molecule has 17 heavy (non-hydrogen) atoms. The van der Waals surface area contributed by atoms with Gasteiger partial charge in [-0.1, -0.05) is 12.1 Å². The van der Waals surface area contributed by atoms with Gasteiger partial charge >= 0.3 is 0 Å². The van der Waals surface area contributed by atoms with Crippen molar-refractivity contribution in [3.8, 4) is 5.75 Å². The molecule has 0 saturated carbocycles. The molecule has 0 fully saturated rings. The van der Waals surface area contributed by atoms with Gasteiger partial charge in [-0.3, -0.25) is 4.98 Å². The van der Waals surface area contributed by atoms with Gasteiger partial charge < -0.3 is 9.84 Å². The third kappa shape index (κ3) is 2.29. The van der Waals surface area contributed by atoms with E-state index in [2.05, 4.69) is 4.98 Å². The van der Waals surface area contributed by atoms with E-state index in [-0.39, 0.29) is 0 Å². The predicted octanol–water partition coefficient (Wildman–Crippen LogP) is 2.35. The average molecular weight is 229 g/mol. The van der Waals surface area contributed by atoms with Crippen molar-refractivity contribution >= 4 is 0 Å². The summed E-state index contributed by atoms with van der Waals surface area (Å²) in [6, 6.07) is 11.0. The fourth-order valence-electron chi connectivity index (χ4n) is 1.76. The topological polar surface area (TPSA) is 42.4 Å². The van der Waals surface area contributed by atoms with Crippen LogP contribution in [0.25, 0.3) is 0 Å². The second kappa shape index (κ2) is 4.55. The number of aromatic nitrogens is 1. The molecular weight excluding hydrogens is 214 g/mol. The Bertz CT molecular complexity index is 477. The van der Waals surface area contributed by atoms with Gasteiger partial charge in [0.15, 0.2) is 0 Å². The summed E-state index contributed by atoms with van der Waals surface area (Å²) in [5.74, 6) is 0.777. The third-order valence-corrected chi connectivity index (χ3v) is 2.89. The van der Waals surface area contributed by atoms with Crippen LogP contribution in [-0.4, -0.2) is 17.2 Å². The highest BCUT2D eigenvalue weighted by Gasteiger charge is 2.25. The minimum atomic E-state index is -1.02. The van der Waals surface area contributed by atoms with Crippen molar-refractivity contribution in [3.63, 3.8) is 0 Å². The monoisotopic (exact) mass is 229 g/mol. The van der Waals surface area contributed by atoms with Crippen molar-refractivity contribution in [3.05, 3.63) is 59.9 Å². The quantitative estimate of drug-likeness (QED) is 0.878. The summed E-state index contributed by atoms with van der Waals surface area (Å²) in [5, 5.41) is 10.6. The fourth-order valence-corrected chi connectivity index (χ4v) is 1.76. The molecule has 0 aliphatic carbocycles. The molecule has 1 aromatic heterocycles. The number of aliphatic hydroxyl groups is 1. The zero-order valence-electron chi connectivity index (χ0n) is 9.92. The second-order valence-electron chi connectivity index (χ2n) is 4.04. The Morgan fingerprint density at radius 3 is 2.06 bits per heavy atom. The molecule has 0 aliphatic rings. The molecule has 88 valence electrons. The van der Waals surface area contributed by atoms with Crippen LogP contribution in [0.2, 0.25) is 0 Å². The number of hydrogen-bond acceptors (Lipinski definition) is 3. The first-order valence-corrected chi connectivity index (χ1v) is 5.42. The van der Waals surface area contributed by atoms with Crippen LogP contribution in [-0.2, 0) is 5.60 Å². The molecule has 0 radical (unpaired) electrons. The second-order valence-corrected chi connectivity index (χ2v) is 4.04. The molecule has 2 rings (SSSR count). The van der Waals surface area contributed by atoms with Crippen LogP contribution in [0.1, 0.15) is 18.1 Å². The largest absolute Gasteiger partial charge is 0.497 e. The molecule has 1 heterocycles. The maximum atomic E-state index is 10.6. The summed E-state index contributed by atoms with van der Waals surface area (Å²) in [6.45, 7) is 1.77. The molecule has 3 nitrogen and oxygen atoms in total. The Kier molecular flexibility index (Phi) is 3.11. The number of ether oxygens (including phenoxy) is 1. The molecule has 2 aromatic rings. The van der Waals surface area contributed by atoms with Gasteiger partial charge in [0.2, 0.25) is 0 Å². The smallest absolute Gasteiger partial charge is 0.118 e. The van der Waals surface area contributed by atoms with Crippen LogP contribution in [0.4, 0.5) is 0 Å². The van der Waals surface area contributed by atoms with E-state index in [9.17, 15) is 5.11 Å². The zero-order chi connectivity index (χ0) is 12.3. The molecule has 1 atom stereocenters. The number of nitrogens with zero attached hydrogens (tertiary/aromatic N) is 1. The lowest BCUT2D eigenvalue weighted by molar-refractivity contribution is 0.102. The molecule has 0 bridgehead atoms. The van der Waals surface area contributed by atoms with E-state index >= 15 is 0 Å². The van der Waals surface area contributed by atoms with Crippen LogP contribution in [0.3, 0.4) is 0 Å². The van der Waals surface area contributed by atoms with E-state index in [4.69, 9.17) is 4.74 Å². The molecular formula is C14H15NO2. The Labute approximate surface area is 101 Å². The van der Waals surface area contributed by atoms with E-state index in [1.807, 2.05) is 36.4 Å². The molecule has 0 aliphatic heterocycles. The average Bonchev–Trinajstić information content (AvgIpc) is 2.40. The van der Waals surface area contributed by atoms with Crippen LogP contribution < -0.4 is 4.74 Å². The predicted molar refractivity (Wildman–Crippen MR) is 65.9 cm³/mol.